The van der Waals surface area contributed by atoms with Gasteiger partial charge in [0, 0.05) is 35.9 Å². The van der Waals surface area contributed by atoms with Crippen LogP contribution >= 0.6 is 0 Å². The van der Waals surface area contributed by atoms with Crippen LogP contribution in [0.15, 0.2) is 0 Å². The molecule has 0 saturated heterocycles. The van der Waals surface area contributed by atoms with Gasteiger partial charge >= 0.3 is 5.69 Å². The van der Waals surface area contributed by atoms with Gasteiger partial charge in [0.05, 0.1) is 4.92 Å². The van der Waals surface area contributed by atoms with E-state index in [9.17, 15) is 14.3 Å². The Morgan fingerprint density at radius 2 is 2.21 bits per heavy atom. The number of nitrogens with zero attached hydrogens (tertiary/aromatic N) is 3. The standard InChI is InChI=1S/C11H20N4O3S/c1-5-9-10(15(16)17)11(14(3)13-9)12-8(2)6-7-19(4)18/h8,12H,5-7H2,1-4H3. The van der Waals surface area contributed by atoms with Crippen LogP contribution in [0.4, 0.5) is 11.5 Å². The maximum Gasteiger partial charge on any atom is 0.333 e. The first kappa shape index (κ1) is 15.6. The smallest absolute Gasteiger partial charge is 0.333 e. The normalized spacial score (nSPS) is 14.1. The molecule has 0 spiro atoms. The zero-order valence-electron chi connectivity index (χ0n) is 11.7. The Kier molecular flexibility index (Phi) is 5.46. The molecule has 0 aliphatic carbocycles. The Morgan fingerprint density at radius 3 is 2.68 bits per heavy atom. The molecule has 108 valence electrons. The molecule has 0 radical (unpaired) electrons. The van der Waals surface area contributed by atoms with Crippen molar-refractivity contribution in [1.82, 2.24) is 9.78 Å². The topological polar surface area (TPSA) is 90.1 Å². The minimum Gasteiger partial charge on any atom is -0.362 e. The molecule has 0 aromatic carbocycles. The van der Waals surface area contributed by atoms with Gasteiger partial charge in [-0.05, 0) is 19.8 Å². The van der Waals surface area contributed by atoms with Crippen molar-refractivity contribution < 1.29 is 9.13 Å². The van der Waals surface area contributed by atoms with Gasteiger partial charge in [-0.25, -0.2) is 4.68 Å². The Bertz CT molecular complexity index is 487. The van der Waals surface area contributed by atoms with Crippen LogP contribution < -0.4 is 5.32 Å². The molecule has 7 nitrogen and oxygen atoms in total. The number of hydrogen-bond acceptors (Lipinski definition) is 5. The van der Waals surface area contributed by atoms with Gasteiger partial charge in [0.1, 0.15) is 5.69 Å². The first-order valence-corrected chi connectivity index (χ1v) is 7.86. The molecule has 1 N–H and O–H groups in total. The fourth-order valence-electron chi connectivity index (χ4n) is 1.81. The highest BCUT2D eigenvalue weighted by atomic mass is 32.2. The third-order valence-electron chi connectivity index (χ3n) is 2.83. The summed E-state index contributed by atoms with van der Waals surface area (Å²) < 4.78 is 12.5. The minimum atomic E-state index is -0.856. The van der Waals surface area contributed by atoms with Crippen molar-refractivity contribution in [2.75, 3.05) is 17.3 Å². The molecule has 0 aliphatic rings. The Labute approximate surface area is 115 Å². The molecular formula is C11H20N4O3S. The van der Waals surface area contributed by atoms with Crippen LogP contribution in [-0.2, 0) is 24.3 Å². The molecule has 8 heteroatoms. The first-order valence-electron chi connectivity index (χ1n) is 6.13. The summed E-state index contributed by atoms with van der Waals surface area (Å²) in [5, 5.41) is 18.4. The number of nitro groups is 1. The van der Waals surface area contributed by atoms with E-state index in [1.54, 1.807) is 13.3 Å². The average molecular weight is 288 g/mol. The summed E-state index contributed by atoms with van der Waals surface area (Å²) in [6, 6.07) is 0.00251. The summed E-state index contributed by atoms with van der Waals surface area (Å²) in [6.07, 6.45) is 2.85. The van der Waals surface area contributed by atoms with Crippen molar-refractivity contribution in [3.05, 3.63) is 15.8 Å². The van der Waals surface area contributed by atoms with Crippen LogP contribution in [0, 0.1) is 10.1 Å². The predicted octanol–water partition coefficient (Wildman–Crippen LogP) is 1.46. The average Bonchev–Trinajstić information content (AvgIpc) is 2.63. The third kappa shape index (κ3) is 4.02. The largest absolute Gasteiger partial charge is 0.362 e. The molecule has 1 rings (SSSR count). The summed E-state index contributed by atoms with van der Waals surface area (Å²) in [6.45, 7) is 3.75. The van der Waals surface area contributed by atoms with Gasteiger partial charge in [-0.2, -0.15) is 5.10 Å². The lowest BCUT2D eigenvalue weighted by atomic mass is 10.2. The van der Waals surface area contributed by atoms with Gasteiger partial charge in [-0.1, -0.05) is 6.92 Å². The molecule has 1 heterocycles. The second-order valence-electron chi connectivity index (χ2n) is 4.49. The number of rotatable bonds is 7. The Hall–Kier alpha value is -1.44. The maximum atomic E-state index is 11.1. The molecule has 0 aliphatic heterocycles. The zero-order chi connectivity index (χ0) is 14.6. The number of aromatic nitrogens is 2. The van der Waals surface area contributed by atoms with Crippen molar-refractivity contribution in [2.24, 2.45) is 7.05 Å². The van der Waals surface area contributed by atoms with E-state index < -0.39 is 15.7 Å². The number of hydrogen-bond donors (Lipinski definition) is 1. The second-order valence-corrected chi connectivity index (χ2v) is 6.04. The second kappa shape index (κ2) is 6.65. The molecule has 19 heavy (non-hydrogen) atoms. The zero-order valence-corrected chi connectivity index (χ0v) is 12.5. The van der Waals surface area contributed by atoms with Crippen molar-refractivity contribution >= 4 is 22.3 Å². The maximum absolute atomic E-state index is 11.1. The summed E-state index contributed by atoms with van der Waals surface area (Å²) in [4.78, 5) is 10.7. The van der Waals surface area contributed by atoms with Crippen molar-refractivity contribution in [3.8, 4) is 0 Å². The van der Waals surface area contributed by atoms with Gasteiger partial charge in [0.25, 0.3) is 0 Å². The molecule has 1 aromatic heterocycles. The van der Waals surface area contributed by atoms with Crippen molar-refractivity contribution in [2.45, 2.75) is 32.7 Å². The van der Waals surface area contributed by atoms with Crippen LogP contribution in [-0.4, -0.2) is 37.0 Å². The van der Waals surface area contributed by atoms with Gasteiger partial charge in [0.15, 0.2) is 0 Å². The van der Waals surface area contributed by atoms with Gasteiger partial charge < -0.3 is 5.32 Å². The summed E-state index contributed by atoms with van der Waals surface area (Å²) in [7, 11) is 0.823. The van der Waals surface area contributed by atoms with Gasteiger partial charge in [0.2, 0.25) is 5.82 Å². The lowest BCUT2D eigenvalue weighted by Crippen LogP contribution is -2.20. The van der Waals surface area contributed by atoms with E-state index in [1.807, 2.05) is 13.8 Å². The van der Waals surface area contributed by atoms with Gasteiger partial charge in [-0.15, -0.1) is 0 Å². The molecule has 2 unspecified atom stereocenters. The van der Waals surface area contributed by atoms with E-state index in [2.05, 4.69) is 10.4 Å². The van der Waals surface area contributed by atoms with E-state index in [-0.39, 0.29) is 11.7 Å². The van der Waals surface area contributed by atoms with E-state index in [4.69, 9.17) is 0 Å². The molecule has 0 bridgehead atoms. The van der Waals surface area contributed by atoms with Crippen molar-refractivity contribution in [1.29, 1.82) is 0 Å². The predicted molar refractivity (Wildman–Crippen MR) is 75.9 cm³/mol. The van der Waals surface area contributed by atoms with Crippen LogP contribution in [0.1, 0.15) is 26.0 Å². The van der Waals surface area contributed by atoms with Crippen LogP contribution in [0.2, 0.25) is 0 Å². The highest BCUT2D eigenvalue weighted by Gasteiger charge is 2.26. The van der Waals surface area contributed by atoms with Gasteiger partial charge in [-0.3, -0.25) is 14.3 Å². The summed E-state index contributed by atoms with van der Waals surface area (Å²) in [5.74, 6) is 0.983. The molecular weight excluding hydrogens is 268 g/mol. The fraction of sp³-hybridized carbons (Fsp3) is 0.727. The van der Waals surface area contributed by atoms with Crippen molar-refractivity contribution in [3.63, 3.8) is 0 Å². The minimum absolute atomic E-state index is 0.00251. The summed E-state index contributed by atoms with van der Waals surface area (Å²) >= 11 is 0. The van der Waals surface area contributed by atoms with E-state index >= 15 is 0 Å². The fourth-order valence-corrected chi connectivity index (χ4v) is 2.49. The highest BCUT2D eigenvalue weighted by molar-refractivity contribution is 7.84. The molecule has 1 aromatic rings. The van der Waals surface area contributed by atoms with Crippen LogP contribution in [0.25, 0.3) is 0 Å². The first-order chi connectivity index (χ1) is 8.86. The van der Waals surface area contributed by atoms with E-state index in [0.717, 1.165) is 0 Å². The molecule has 0 fully saturated rings. The van der Waals surface area contributed by atoms with E-state index in [0.29, 0.717) is 30.1 Å². The Morgan fingerprint density at radius 1 is 1.58 bits per heavy atom. The lowest BCUT2D eigenvalue weighted by Gasteiger charge is -2.13. The van der Waals surface area contributed by atoms with Crippen LogP contribution in [0.3, 0.4) is 0 Å². The molecule has 0 saturated carbocycles. The summed E-state index contributed by atoms with van der Waals surface area (Å²) in [5.41, 5.74) is 0.510. The number of anilines is 1. The molecule has 0 amide bonds. The van der Waals surface area contributed by atoms with Crippen LogP contribution in [0.5, 0.6) is 0 Å². The Balaban J connectivity index is 2.90. The molecule has 2 atom stereocenters. The number of aryl methyl sites for hydroxylation is 2. The monoisotopic (exact) mass is 288 g/mol. The number of nitrogens with one attached hydrogen (secondary N) is 1. The lowest BCUT2D eigenvalue weighted by molar-refractivity contribution is -0.384. The third-order valence-corrected chi connectivity index (χ3v) is 3.64. The van der Waals surface area contributed by atoms with E-state index in [1.165, 1.54) is 4.68 Å². The quantitative estimate of drug-likeness (QED) is 0.606. The SMILES string of the molecule is CCc1nn(C)c(NC(C)CCS(C)=O)c1[N+](=O)[O-]. The highest BCUT2D eigenvalue weighted by Crippen LogP contribution is 2.29.